The smallest absolute Gasteiger partial charge is 0.312 e. The minimum absolute atomic E-state index is 0.00250. The van der Waals surface area contributed by atoms with E-state index in [0.717, 1.165) is 13.1 Å². The number of nitrogens with one attached hydrogen (secondary N) is 2. The van der Waals surface area contributed by atoms with E-state index in [-0.39, 0.29) is 70.1 Å². The van der Waals surface area contributed by atoms with Crippen LogP contribution in [0, 0.1) is 36.5 Å². The molecule has 5 N–H and O–H groups in total. The number of aromatic hydroxyl groups is 1. The summed E-state index contributed by atoms with van der Waals surface area (Å²) >= 11 is 0. The monoisotopic (exact) mass is 990 g/mol. The Bertz CT molecular complexity index is 2380. The van der Waals surface area contributed by atoms with Crippen molar-refractivity contribution < 1.29 is 63.0 Å². The van der Waals surface area contributed by atoms with Gasteiger partial charge in [-0.2, -0.15) is 0 Å². The van der Waals surface area contributed by atoms with Crippen molar-refractivity contribution in [1.29, 1.82) is 0 Å². The van der Waals surface area contributed by atoms with Crippen LogP contribution in [0.25, 0.3) is 0 Å². The van der Waals surface area contributed by atoms with Crippen LogP contribution in [0.5, 0.6) is 11.5 Å². The number of Topliss-reactive ketones (excluding diaryl/α,β-unsaturated/α-hetero) is 2. The minimum atomic E-state index is -2.03. The fourth-order valence-electron chi connectivity index (χ4n) is 10.1. The number of nitrogens with zero attached hydrogens (tertiary/aromatic N) is 3. The van der Waals surface area contributed by atoms with Gasteiger partial charge >= 0.3 is 17.7 Å². The highest BCUT2D eigenvalue weighted by Crippen LogP contribution is 2.50. The number of phenolic OH excluding ortho intramolecular Hbond substituents is 1. The molecule has 0 aromatic heterocycles. The van der Waals surface area contributed by atoms with Gasteiger partial charge in [-0.1, -0.05) is 59.8 Å². The number of carbonyl (C=O) groups excluding carboxylic acids is 5. The lowest BCUT2D eigenvalue weighted by Crippen LogP contribution is -2.50. The Balaban J connectivity index is 1.39. The number of methoxy groups -OCH3 is 1. The molecule has 390 valence electrons. The highest BCUT2D eigenvalue weighted by molar-refractivity contribution is 6.34. The summed E-state index contributed by atoms with van der Waals surface area (Å²) in [5.41, 5.74) is -0.405. The Morgan fingerprint density at radius 1 is 0.944 bits per heavy atom. The van der Waals surface area contributed by atoms with Gasteiger partial charge < -0.3 is 59.4 Å². The van der Waals surface area contributed by atoms with Gasteiger partial charge in [0.1, 0.15) is 29.0 Å². The van der Waals surface area contributed by atoms with E-state index in [2.05, 4.69) is 29.4 Å². The number of carbonyl (C=O) groups is 5. The first-order chi connectivity index (χ1) is 33.4. The Morgan fingerprint density at radius 3 is 2.27 bits per heavy atom. The zero-order valence-corrected chi connectivity index (χ0v) is 43.4. The fourth-order valence-corrected chi connectivity index (χ4v) is 10.1. The fraction of sp³-hybridized carbons (Fsp3) is 0.623. The molecule has 0 saturated carbocycles. The number of hydrogen-bond acceptors (Lipinski definition) is 17. The van der Waals surface area contributed by atoms with Crippen molar-refractivity contribution in [2.24, 2.45) is 34.6 Å². The number of phenols is 1. The van der Waals surface area contributed by atoms with Crippen molar-refractivity contribution in [2.75, 3.05) is 54.0 Å². The number of allylic oxidation sites excluding steroid dienone is 4. The summed E-state index contributed by atoms with van der Waals surface area (Å²) < 4.78 is 29.8. The van der Waals surface area contributed by atoms with Crippen LogP contribution in [0.1, 0.15) is 119 Å². The topological polar surface area (TPSA) is 235 Å². The molecule has 1 aromatic carbocycles. The van der Waals surface area contributed by atoms with Gasteiger partial charge in [0, 0.05) is 93.4 Å². The predicted octanol–water partition coefficient (Wildman–Crippen LogP) is 4.87. The average Bonchev–Trinajstić information content (AvgIpc) is 3.82. The lowest BCUT2D eigenvalue weighted by molar-refractivity contribution is -0.165. The molecule has 4 heterocycles. The van der Waals surface area contributed by atoms with E-state index < -0.39 is 94.7 Å². The van der Waals surface area contributed by atoms with Gasteiger partial charge in [-0.25, -0.2) is 0 Å². The van der Waals surface area contributed by atoms with E-state index in [1.54, 1.807) is 46.8 Å². The number of ketones is 2. The number of aliphatic imine (C=N–C) groups is 1. The number of fused-ring (bicyclic) bond motifs is 3. The first-order valence-electron chi connectivity index (χ1n) is 24.9. The van der Waals surface area contributed by atoms with Crippen LogP contribution in [0.15, 0.2) is 52.5 Å². The van der Waals surface area contributed by atoms with Crippen molar-refractivity contribution in [3.05, 3.63) is 69.8 Å². The van der Waals surface area contributed by atoms with Gasteiger partial charge in [-0.15, -0.1) is 0 Å². The third kappa shape index (κ3) is 11.8. The molecule has 5 bridgehead atoms. The number of piperidine rings is 1. The number of ether oxygens (including phenoxy) is 5. The summed E-state index contributed by atoms with van der Waals surface area (Å²) in [5, 5.41) is 41.7. The number of aliphatic hydroxyl groups excluding tert-OH is 2. The lowest BCUT2D eigenvalue weighted by Gasteiger charge is -2.38. The summed E-state index contributed by atoms with van der Waals surface area (Å²) in [6.07, 6.45) is 4.57. The molecule has 5 aliphatic rings. The molecule has 1 aromatic rings. The van der Waals surface area contributed by atoms with E-state index in [9.17, 15) is 39.3 Å². The second-order valence-corrected chi connectivity index (χ2v) is 20.8. The summed E-state index contributed by atoms with van der Waals surface area (Å²) in [6, 6.07) is 0. The summed E-state index contributed by atoms with van der Waals surface area (Å²) in [7, 11) is 5.26. The van der Waals surface area contributed by atoms with Crippen LogP contribution in [-0.4, -0.2) is 150 Å². The number of aliphatic hydroxyl groups is 2. The summed E-state index contributed by atoms with van der Waals surface area (Å²) in [4.78, 5) is 79.3. The lowest BCUT2D eigenvalue weighted by atomic mass is 9.78. The molecule has 0 radical (unpaired) electrons. The molecule has 1 saturated heterocycles. The maximum absolute atomic E-state index is 14.9. The minimum Gasteiger partial charge on any atom is -0.507 e. The third-order valence-electron chi connectivity index (χ3n) is 14.5. The predicted molar refractivity (Wildman–Crippen MR) is 264 cm³/mol. The molecule has 9 atom stereocenters. The standard InChI is InChI=1S/C53H75N5O13/c1-28(2)27-58-23-20-53(21-24-58)55-41-38-39-46(63)34(8)49-40(38)50(65)52(9,71-49)69-26-19-35(67-12)31(5)48(70-37(60)18-17-36(59)68-25-14-22-57(10)11)33(7)45(62)32(6)44(61)29(3)15-13-16-30(4)51(66)54-43(47(39)64)42(41)56-53/h13,15-16,19,26,28-29,31-33,35,44-45,48,56,61-63H,14,17-18,20-25,27H2,1-12H3,(H,54,66)/b15-13+,26-19+,30-16-/t29-,31+,32+,33+,35-,44-,45+,48+,52-/m0/s1. The van der Waals surface area contributed by atoms with Gasteiger partial charge in [-0.05, 0) is 46.4 Å². The molecule has 6 rings (SSSR count). The average molecular weight is 990 g/mol. The Labute approximate surface area is 417 Å². The van der Waals surface area contributed by atoms with E-state index in [0.29, 0.717) is 38.3 Å². The van der Waals surface area contributed by atoms with Crippen LogP contribution in [0.4, 0.5) is 0 Å². The van der Waals surface area contributed by atoms with Crippen molar-refractivity contribution in [1.82, 2.24) is 20.4 Å². The quantitative estimate of drug-likeness (QED) is 0.147. The van der Waals surface area contributed by atoms with Crippen LogP contribution >= 0.6 is 0 Å². The van der Waals surface area contributed by atoms with Crippen molar-refractivity contribution in [3.63, 3.8) is 0 Å². The molecule has 18 heteroatoms. The first kappa shape index (κ1) is 54.9. The second-order valence-electron chi connectivity index (χ2n) is 20.8. The molecule has 1 aliphatic carbocycles. The highest BCUT2D eigenvalue weighted by atomic mass is 16.7. The molecule has 4 aliphatic heterocycles. The van der Waals surface area contributed by atoms with Gasteiger partial charge in [-0.3, -0.25) is 29.0 Å². The van der Waals surface area contributed by atoms with Crippen LogP contribution in [-0.2, 0) is 33.3 Å². The van der Waals surface area contributed by atoms with Crippen molar-refractivity contribution in [2.45, 2.75) is 130 Å². The maximum Gasteiger partial charge on any atom is 0.312 e. The van der Waals surface area contributed by atoms with Gasteiger partial charge in [0.2, 0.25) is 5.78 Å². The zero-order valence-electron chi connectivity index (χ0n) is 43.4. The molecule has 1 amide bonds. The SMILES string of the molecule is CO[C@H]1/C=C/O[C@@]2(C)Oc3c(C)c(O)c4c(c3C2=O)C2=NC3(CCN(CC(C)C)CC3)NC2=C(NC(=O)/C(C)=C\C=C\[C@H](C)[C@H](O)[C@@H](C)[C@@H](O)[C@@H](C)[C@H](OC(=O)CCC(=O)OCCCN(C)C)[C@@H]1C)C4=O. The molecule has 1 spiro atoms. The summed E-state index contributed by atoms with van der Waals surface area (Å²) in [6.45, 7) is 18.9. The number of amides is 1. The van der Waals surface area contributed by atoms with E-state index in [1.807, 2.05) is 19.0 Å². The van der Waals surface area contributed by atoms with E-state index >= 15 is 0 Å². The summed E-state index contributed by atoms with van der Waals surface area (Å²) in [5.74, 6) is -8.09. The molecular weight excluding hydrogens is 915 g/mol. The Kier molecular flexibility index (Phi) is 17.5. The van der Waals surface area contributed by atoms with Crippen LogP contribution in [0.3, 0.4) is 0 Å². The highest BCUT2D eigenvalue weighted by Gasteiger charge is 2.54. The second kappa shape index (κ2) is 22.6. The molecular formula is C53H75N5O13. The van der Waals surface area contributed by atoms with Crippen LogP contribution < -0.4 is 15.4 Å². The Hall–Kier alpha value is -5.40. The number of esters is 2. The van der Waals surface area contributed by atoms with Gasteiger partial charge in [0.15, 0.2) is 0 Å². The molecule has 0 unspecified atom stereocenters. The largest absolute Gasteiger partial charge is 0.507 e. The number of likely N-dealkylation sites (tertiary alicyclic amines) is 1. The normalized spacial score (nSPS) is 30.7. The van der Waals surface area contributed by atoms with E-state index in [1.165, 1.54) is 39.4 Å². The number of rotatable bonds is 11. The number of hydrogen-bond donors (Lipinski definition) is 5. The molecule has 18 nitrogen and oxygen atoms in total. The maximum atomic E-state index is 14.9. The van der Waals surface area contributed by atoms with Crippen molar-refractivity contribution in [3.8, 4) is 11.5 Å². The first-order valence-corrected chi connectivity index (χ1v) is 24.9. The van der Waals surface area contributed by atoms with E-state index in [4.69, 9.17) is 28.7 Å². The number of benzene rings is 1. The third-order valence-corrected chi connectivity index (χ3v) is 14.5. The van der Waals surface area contributed by atoms with Gasteiger partial charge in [0.05, 0.1) is 66.6 Å². The van der Waals surface area contributed by atoms with Crippen LogP contribution in [0.2, 0.25) is 0 Å². The van der Waals surface area contributed by atoms with Crippen molar-refractivity contribution >= 4 is 35.1 Å². The molecule has 71 heavy (non-hydrogen) atoms. The van der Waals surface area contributed by atoms with Gasteiger partial charge in [0.25, 0.3) is 11.7 Å². The molecule has 1 fully saturated rings. The zero-order chi connectivity index (χ0) is 52.3. The Morgan fingerprint density at radius 2 is 1.62 bits per heavy atom.